The van der Waals surface area contributed by atoms with Gasteiger partial charge in [0, 0.05) is 88.9 Å². The summed E-state index contributed by atoms with van der Waals surface area (Å²) in [5.74, 6) is 0.738. The molecule has 0 spiro atoms. The number of ether oxygens (including phenoxy) is 4. The van der Waals surface area contributed by atoms with E-state index in [1.54, 1.807) is 0 Å². The van der Waals surface area contributed by atoms with Crippen LogP contribution in [0, 0.1) is 10.8 Å². The highest BCUT2D eigenvalue weighted by Gasteiger charge is 2.41. The van der Waals surface area contributed by atoms with Crippen molar-refractivity contribution >= 4 is 58.3 Å². The molecular formula is C64H88Cl2N6O8. The number of anilines is 2. The summed E-state index contributed by atoms with van der Waals surface area (Å²) in [6.45, 7) is 26.4. The van der Waals surface area contributed by atoms with Gasteiger partial charge >= 0.3 is 11.9 Å². The summed E-state index contributed by atoms with van der Waals surface area (Å²) in [4.78, 5) is 67.0. The molecule has 436 valence electrons. The minimum Gasteiger partial charge on any atom is -0.494 e. The number of hydrogen-bond donors (Lipinski definition) is 0. The van der Waals surface area contributed by atoms with E-state index in [4.69, 9.17) is 42.1 Å². The van der Waals surface area contributed by atoms with Gasteiger partial charge in [-0.05, 0) is 144 Å². The Morgan fingerprint density at radius 3 is 1.89 bits per heavy atom. The number of hydrogen-bond acceptors (Lipinski definition) is 12. The fourth-order valence-corrected chi connectivity index (χ4v) is 11.6. The Kier molecular flexibility index (Phi) is 23.2. The highest BCUT2D eigenvalue weighted by atomic mass is 35.5. The van der Waals surface area contributed by atoms with Crippen LogP contribution < -0.4 is 19.3 Å². The first-order valence-corrected chi connectivity index (χ1v) is 30.1. The molecule has 4 heterocycles. The van der Waals surface area contributed by atoms with Gasteiger partial charge < -0.3 is 28.7 Å². The van der Waals surface area contributed by atoms with E-state index in [1.165, 1.54) is 15.4 Å². The number of carbonyl (C=O) groups excluding carboxylic acids is 4. The number of carbonyl (C=O) groups is 4. The Balaban J connectivity index is 0.814. The van der Waals surface area contributed by atoms with Crippen LogP contribution in [-0.4, -0.2) is 141 Å². The second-order valence-corrected chi connectivity index (χ2v) is 23.8. The van der Waals surface area contributed by atoms with Crippen LogP contribution in [0.25, 0.3) is 0 Å². The molecule has 2 fully saturated rings. The van der Waals surface area contributed by atoms with E-state index in [0.717, 1.165) is 137 Å². The number of amides is 2. The van der Waals surface area contributed by atoms with E-state index in [9.17, 15) is 19.2 Å². The highest BCUT2D eigenvalue weighted by Crippen LogP contribution is 2.41. The van der Waals surface area contributed by atoms with Gasteiger partial charge in [0.15, 0.2) is 13.5 Å². The Bertz CT molecular complexity index is 2650. The van der Waals surface area contributed by atoms with Crippen LogP contribution in [0.5, 0.6) is 11.5 Å². The number of rotatable bonds is 28. The van der Waals surface area contributed by atoms with Crippen LogP contribution in [0.15, 0.2) is 107 Å². The van der Waals surface area contributed by atoms with Crippen LogP contribution in [0.4, 0.5) is 11.4 Å². The Hall–Kier alpha value is -5.54. The lowest BCUT2D eigenvalue weighted by molar-refractivity contribution is -0.159. The SMILES string of the molecule is C=C(/C=C\C/C=C(/C)CCl)N1CCN(CCCCOc2ccc3c(c2)N(COC(=O)C(C)(CC)CC(C)(C)CC(=O)OCN2C(=O)CCc4ccc(OCCCCN5CCN(C6=C(Cl)C(C)=CCC=C6)CC5)cc42)C(=O)CC3)CC1. The van der Waals surface area contributed by atoms with Crippen molar-refractivity contribution in [1.29, 1.82) is 0 Å². The van der Waals surface area contributed by atoms with Gasteiger partial charge in [-0.1, -0.05) is 81.0 Å². The molecule has 2 aromatic carbocycles. The van der Waals surface area contributed by atoms with E-state index < -0.39 is 22.8 Å². The third-order valence-electron chi connectivity index (χ3n) is 16.3. The molecule has 5 aliphatic rings. The first-order chi connectivity index (χ1) is 38.4. The molecule has 0 saturated carbocycles. The van der Waals surface area contributed by atoms with Crippen LogP contribution in [0.1, 0.15) is 123 Å². The molecule has 0 radical (unpaired) electrons. The maximum atomic E-state index is 14.0. The maximum Gasteiger partial charge on any atom is 0.313 e. The Labute approximate surface area is 487 Å². The number of benzene rings is 2. The zero-order chi connectivity index (χ0) is 57.2. The molecule has 0 aromatic heterocycles. The minimum absolute atomic E-state index is 0.0197. The Morgan fingerprint density at radius 1 is 0.762 bits per heavy atom. The van der Waals surface area contributed by atoms with Gasteiger partial charge in [-0.3, -0.25) is 38.8 Å². The molecule has 2 saturated heterocycles. The molecule has 1 aliphatic carbocycles. The summed E-state index contributed by atoms with van der Waals surface area (Å²) < 4.78 is 24.2. The number of fused-ring (bicyclic) bond motifs is 2. The zero-order valence-electron chi connectivity index (χ0n) is 48.6. The standard InChI is InChI=1S/C64H88Cl2N6O8/c1-8-64(7,62(76)80-47-72-57-42-54(26-22-52(57)24-28-59(72)74)78-39-15-13-29-67-31-35-69(36-32-67)50(4)19-11-9-17-48(2)44-65)45-63(5,6)43-60(75)79-46-71-56-41-53(25-21-51(56)23-27-58(71)73)77-40-16-14-30-68-33-37-70(38-34-68)55-20-12-10-18-49(3)61(55)66/h11-12,17-22,25-26,41-42H,4,8-10,13-16,23-24,27-40,43-47H2,1-3,5-7H3/b19-11-,48-17-. The fourth-order valence-electron chi connectivity index (χ4n) is 11.2. The third kappa shape index (κ3) is 17.7. The van der Waals surface area contributed by atoms with Crippen molar-refractivity contribution in [3.05, 3.63) is 118 Å². The van der Waals surface area contributed by atoms with E-state index in [1.807, 2.05) is 71.0 Å². The lowest BCUT2D eigenvalue weighted by Crippen LogP contribution is -2.46. The maximum absolute atomic E-state index is 14.0. The van der Waals surface area contributed by atoms with Crippen molar-refractivity contribution in [2.45, 2.75) is 125 Å². The zero-order valence-corrected chi connectivity index (χ0v) is 50.2. The van der Waals surface area contributed by atoms with Gasteiger partial charge in [0.25, 0.3) is 0 Å². The summed E-state index contributed by atoms with van der Waals surface area (Å²) in [5, 5.41) is 0.848. The van der Waals surface area contributed by atoms with Crippen LogP contribution in [0.2, 0.25) is 0 Å². The van der Waals surface area contributed by atoms with Crippen molar-refractivity contribution in [3.63, 3.8) is 0 Å². The van der Waals surface area contributed by atoms with E-state index in [2.05, 4.69) is 69.6 Å². The van der Waals surface area contributed by atoms with E-state index >= 15 is 0 Å². The molecule has 7 rings (SSSR count). The molecule has 0 bridgehead atoms. The van der Waals surface area contributed by atoms with Crippen molar-refractivity contribution in [2.75, 3.05) is 108 Å². The van der Waals surface area contributed by atoms with Gasteiger partial charge in [-0.15, -0.1) is 11.6 Å². The van der Waals surface area contributed by atoms with Crippen LogP contribution >= 0.6 is 23.2 Å². The van der Waals surface area contributed by atoms with E-state index in [0.29, 0.717) is 80.5 Å². The van der Waals surface area contributed by atoms with Gasteiger partial charge in [0.05, 0.1) is 47.2 Å². The third-order valence-corrected chi connectivity index (χ3v) is 17.2. The highest BCUT2D eigenvalue weighted by molar-refractivity contribution is 6.32. The van der Waals surface area contributed by atoms with E-state index in [-0.39, 0.29) is 31.7 Å². The summed E-state index contributed by atoms with van der Waals surface area (Å²) in [5.41, 5.74) is 6.22. The number of halogens is 2. The summed E-state index contributed by atoms with van der Waals surface area (Å²) >= 11 is 12.6. The molecule has 14 nitrogen and oxygen atoms in total. The topological polar surface area (TPSA) is 125 Å². The molecule has 0 N–H and O–H groups in total. The minimum atomic E-state index is -0.957. The number of unbranched alkanes of at least 4 members (excludes halogenated alkanes) is 2. The average molecular weight is 1140 g/mol. The number of esters is 2. The molecule has 1 unspecified atom stereocenters. The largest absolute Gasteiger partial charge is 0.494 e. The van der Waals surface area contributed by atoms with Gasteiger partial charge in [-0.2, -0.15) is 0 Å². The van der Waals surface area contributed by atoms with Crippen molar-refractivity contribution < 1.29 is 38.1 Å². The molecular weight excluding hydrogens is 1050 g/mol. The summed E-state index contributed by atoms with van der Waals surface area (Å²) in [6, 6.07) is 11.6. The molecule has 16 heteroatoms. The second-order valence-electron chi connectivity index (χ2n) is 23.2. The second kappa shape index (κ2) is 30.0. The Morgan fingerprint density at radius 2 is 1.32 bits per heavy atom. The smallest absolute Gasteiger partial charge is 0.313 e. The normalized spacial score (nSPS) is 18.4. The fraction of sp³-hybridized carbons (Fsp3) is 0.562. The molecule has 2 amide bonds. The predicted octanol–water partition coefficient (Wildman–Crippen LogP) is 11.7. The molecule has 80 heavy (non-hydrogen) atoms. The number of allylic oxidation sites excluding steroid dienone is 9. The van der Waals surface area contributed by atoms with Crippen LogP contribution in [-0.2, 0) is 41.5 Å². The lowest BCUT2D eigenvalue weighted by Gasteiger charge is -2.37. The lowest BCUT2D eigenvalue weighted by atomic mass is 9.71. The summed E-state index contributed by atoms with van der Waals surface area (Å²) in [7, 11) is 0. The van der Waals surface area contributed by atoms with Crippen LogP contribution in [0.3, 0.4) is 0 Å². The predicted molar refractivity (Wildman–Crippen MR) is 321 cm³/mol. The monoisotopic (exact) mass is 1140 g/mol. The summed E-state index contributed by atoms with van der Waals surface area (Å²) in [6.07, 6.45) is 21.1. The molecule has 2 aromatic rings. The van der Waals surface area contributed by atoms with Gasteiger partial charge in [0.2, 0.25) is 11.8 Å². The number of nitrogens with zero attached hydrogens (tertiary/aromatic N) is 6. The van der Waals surface area contributed by atoms with Crippen molar-refractivity contribution in [2.24, 2.45) is 10.8 Å². The average Bonchev–Trinajstić information content (AvgIpc) is 3.62. The first-order valence-electron chi connectivity index (χ1n) is 29.2. The quantitative estimate of drug-likeness (QED) is 0.0265. The first kappa shape index (κ1) is 62.1. The van der Waals surface area contributed by atoms with Gasteiger partial charge in [-0.25, -0.2) is 0 Å². The van der Waals surface area contributed by atoms with Crippen molar-refractivity contribution in [1.82, 2.24) is 19.6 Å². The van der Waals surface area contributed by atoms with Crippen molar-refractivity contribution in [3.8, 4) is 11.5 Å². The number of alkyl halides is 1. The molecule has 4 aliphatic heterocycles. The van der Waals surface area contributed by atoms with Gasteiger partial charge in [0.1, 0.15) is 11.5 Å². The number of aryl methyl sites for hydroxylation is 2. The number of piperazine rings is 2. The molecule has 1 atom stereocenters.